The second kappa shape index (κ2) is 7.85. The molecule has 1 aliphatic heterocycles. The molecule has 0 saturated heterocycles. The van der Waals surface area contributed by atoms with Crippen molar-refractivity contribution in [1.82, 2.24) is 15.2 Å². The Morgan fingerprint density at radius 1 is 1.00 bits per heavy atom. The number of para-hydroxylation sites is 1. The lowest BCUT2D eigenvalue weighted by Gasteiger charge is -2.17. The van der Waals surface area contributed by atoms with Crippen molar-refractivity contribution in [2.75, 3.05) is 5.32 Å². The number of hydrogen-bond donors (Lipinski definition) is 1. The van der Waals surface area contributed by atoms with Crippen LogP contribution in [-0.2, 0) is 5.75 Å². The van der Waals surface area contributed by atoms with E-state index < -0.39 is 0 Å². The highest BCUT2D eigenvalue weighted by atomic mass is 32.2. The topological polar surface area (TPSA) is 59.9 Å². The molecule has 29 heavy (non-hydrogen) atoms. The van der Waals surface area contributed by atoms with E-state index in [1.165, 1.54) is 10.4 Å². The maximum absolute atomic E-state index is 6.30. The minimum Gasteiger partial charge on any atom is -0.447 e. The van der Waals surface area contributed by atoms with E-state index in [-0.39, 0.29) is 6.23 Å². The van der Waals surface area contributed by atoms with Gasteiger partial charge in [0, 0.05) is 21.9 Å². The number of thiophene rings is 1. The fourth-order valence-corrected chi connectivity index (χ4v) is 4.75. The molecule has 0 spiro atoms. The van der Waals surface area contributed by atoms with E-state index >= 15 is 0 Å². The van der Waals surface area contributed by atoms with E-state index in [4.69, 9.17) is 9.72 Å². The van der Waals surface area contributed by atoms with Gasteiger partial charge in [0.05, 0.1) is 4.88 Å². The van der Waals surface area contributed by atoms with Crippen molar-refractivity contribution in [3.05, 3.63) is 82.0 Å². The summed E-state index contributed by atoms with van der Waals surface area (Å²) < 4.78 is 6.30. The first-order chi connectivity index (χ1) is 14.3. The van der Waals surface area contributed by atoms with Gasteiger partial charge in [0.15, 0.2) is 5.69 Å². The predicted molar refractivity (Wildman–Crippen MR) is 117 cm³/mol. The van der Waals surface area contributed by atoms with E-state index in [2.05, 4.69) is 46.7 Å². The lowest BCUT2D eigenvalue weighted by molar-refractivity contribution is 0.229. The molecule has 144 valence electrons. The van der Waals surface area contributed by atoms with Crippen LogP contribution in [0.2, 0.25) is 0 Å². The zero-order valence-electron chi connectivity index (χ0n) is 15.7. The number of aryl methyl sites for hydroxylation is 1. The SMILES string of the molecule is Cc1ccc(C2Nc3ccccc3-c3nnc(SCc4ccccc4)nc3O2)s1. The molecule has 0 saturated carbocycles. The molecule has 7 heteroatoms. The van der Waals surface area contributed by atoms with Crippen LogP contribution in [0.1, 0.15) is 21.5 Å². The first-order valence-corrected chi connectivity index (χ1v) is 11.1. The molecule has 1 N–H and O–H groups in total. The molecule has 0 bridgehead atoms. The van der Waals surface area contributed by atoms with Crippen LogP contribution in [0.3, 0.4) is 0 Å². The number of hydrogen-bond acceptors (Lipinski definition) is 7. The molecular weight excluding hydrogens is 400 g/mol. The second-order valence-corrected chi connectivity index (χ2v) is 8.92. The molecule has 5 rings (SSSR count). The lowest BCUT2D eigenvalue weighted by atomic mass is 10.1. The van der Waals surface area contributed by atoms with Crippen LogP contribution in [0.5, 0.6) is 5.88 Å². The summed E-state index contributed by atoms with van der Waals surface area (Å²) in [5, 5.41) is 12.9. The van der Waals surface area contributed by atoms with Gasteiger partial charge in [-0.25, -0.2) is 0 Å². The molecule has 0 radical (unpaired) electrons. The maximum atomic E-state index is 6.30. The fourth-order valence-electron chi connectivity index (χ4n) is 3.15. The summed E-state index contributed by atoms with van der Waals surface area (Å²) in [6.45, 7) is 2.09. The summed E-state index contributed by atoms with van der Waals surface area (Å²) in [7, 11) is 0. The van der Waals surface area contributed by atoms with Crippen LogP contribution in [0, 0.1) is 6.92 Å². The van der Waals surface area contributed by atoms with Crippen molar-refractivity contribution in [2.24, 2.45) is 0 Å². The number of ether oxygens (including phenoxy) is 1. The monoisotopic (exact) mass is 418 g/mol. The lowest BCUT2D eigenvalue weighted by Crippen LogP contribution is -2.15. The van der Waals surface area contributed by atoms with Gasteiger partial charge in [-0.05, 0) is 30.7 Å². The molecule has 0 aliphatic carbocycles. The summed E-state index contributed by atoms with van der Waals surface area (Å²) in [5.41, 5.74) is 3.78. The van der Waals surface area contributed by atoms with Gasteiger partial charge in [0.2, 0.25) is 17.3 Å². The van der Waals surface area contributed by atoms with E-state index in [9.17, 15) is 0 Å². The van der Waals surface area contributed by atoms with Crippen LogP contribution < -0.4 is 10.1 Å². The van der Waals surface area contributed by atoms with Gasteiger partial charge in [0.1, 0.15) is 0 Å². The second-order valence-electron chi connectivity index (χ2n) is 6.66. The Bertz CT molecular complexity index is 1150. The van der Waals surface area contributed by atoms with Gasteiger partial charge in [-0.2, -0.15) is 4.98 Å². The minimum absolute atomic E-state index is 0.320. The third-order valence-electron chi connectivity index (χ3n) is 4.56. The van der Waals surface area contributed by atoms with E-state index in [1.807, 2.05) is 42.5 Å². The van der Waals surface area contributed by atoms with Crippen LogP contribution >= 0.6 is 23.1 Å². The number of anilines is 1. The normalized spacial score (nSPS) is 14.9. The van der Waals surface area contributed by atoms with E-state index in [0.717, 1.165) is 21.9 Å². The summed E-state index contributed by atoms with van der Waals surface area (Å²) >= 11 is 3.26. The van der Waals surface area contributed by atoms with Crippen molar-refractivity contribution >= 4 is 28.8 Å². The van der Waals surface area contributed by atoms with Crippen LogP contribution in [0.15, 0.2) is 71.9 Å². The van der Waals surface area contributed by atoms with Gasteiger partial charge in [-0.3, -0.25) is 0 Å². The molecule has 1 aliphatic rings. The van der Waals surface area contributed by atoms with Gasteiger partial charge < -0.3 is 10.1 Å². The number of benzene rings is 2. The number of fused-ring (bicyclic) bond motifs is 3. The summed E-state index contributed by atoms with van der Waals surface area (Å²) in [6, 6.07) is 22.5. The molecule has 2 aromatic heterocycles. The van der Waals surface area contributed by atoms with Crippen LogP contribution in [0.4, 0.5) is 5.69 Å². The highest BCUT2D eigenvalue weighted by molar-refractivity contribution is 7.98. The van der Waals surface area contributed by atoms with Crippen molar-refractivity contribution in [2.45, 2.75) is 24.1 Å². The van der Waals surface area contributed by atoms with Crippen molar-refractivity contribution < 1.29 is 4.74 Å². The number of thioether (sulfide) groups is 1. The zero-order valence-corrected chi connectivity index (χ0v) is 17.3. The average molecular weight is 419 g/mol. The number of rotatable bonds is 4. The third kappa shape index (κ3) is 3.83. The summed E-state index contributed by atoms with van der Waals surface area (Å²) in [6.07, 6.45) is -0.320. The molecule has 5 nitrogen and oxygen atoms in total. The minimum atomic E-state index is -0.320. The van der Waals surface area contributed by atoms with Crippen LogP contribution in [0.25, 0.3) is 11.3 Å². The quantitative estimate of drug-likeness (QED) is 0.429. The molecule has 4 aromatic rings. The van der Waals surface area contributed by atoms with Crippen LogP contribution in [-0.4, -0.2) is 15.2 Å². The molecule has 3 heterocycles. The zero-order chi connectivity index (χ0) is 19.6. The fraction of sp³-hybridized carbons (Fsp3) is 0.136. The summed E-state index contributed by atoms with van der Waals surface area (Å²) in [4.78, 5) is 7.04. The molecule has 0 amide bonds. The number of nitrogens with one attached hydrogen (secondary N) is 1. The molecule has 2 aromatic carbocycles. The Morgan fingerprint density at radius 2 is 1.83 bits per heavy atom. The van der Waals surface area contributed by atoms with Gasteiger partial charge in [0.25, 0.3) is 0 Å². The highest BCUT2D eigenvalue weighted by Gasteiger charge is 2.26. The first kappa shape index (κ1) is 18.1. The van der Waals surface area contributed by atoms with Gasteiger partial charge >= 0.3 is 0 Å². The van der Waals surface area contributed by atoms with E-state index in [0.29, 0.717) is 16.7 Å². The molecule has 0 fully saturated rings. The largest absolute Gasteiger partial charge is 0.447 e. The Hall–Kier alpha value is -2.90. The Balaban J connectivity index is 1.50. The van der Waals surface area contributed by atoms with Gasteiger partial charge in [-0.1, -0.05) is 60.3 Å². The number of nitrogens with zero attached hydrogens (tertiary/aromatic N) is 3. The van der Waals surface area contributed by atoms with Crippen molar-refractivity contribution in [3.63, 3.8) is 0 Å². The average Bonchev–Trinajstić information content (AvgIpc) is 3.12. The first-order valence-electron chi connectivity index (χ1n) is 9.26. The van der Waals surface area contributed by atoms with Gasteiger partial charge in [-0.15, -0.1) is 21.5 Å². The smallest absolute Gasteiger partial charge is 0.247 e. The predicted octanol–water partition coefficient (Wildman–Crippen LogP) is 5.70. The molecule has 1 unspecified atom stereocenters. The Kier molecular flexibility index (Phi) is 4.91. The van der Waals surface area contributed by atoms with Crippen molar-refractivity contribution in [1.29, 1.82) is 0 Å². The number of aromatic nitrogens is 3. The van der Waals surface area contributed by atoms with E-state index in [1.54, 1.807) is 23.1 Å². The van der Waals surface area contributed by atoms with Crippen molar-refractivity contribution in [3.8, 4) is 17.1 Å². The Labute approximate surface area is 177 Å². The highest BCUT2D eigenvalue weighted by Crippen LogP contribution is 2.40. The standard InChI is InChI=1S/C22H18N4OS2/c1-14-11-12-18(29-14)20-23-17-10-6-5-9-16(17)19-21(27-20)24-22(26-25-19)28-13-15-7-3-2-4-8-15/h2-12,20,23H,13H2,1H3. The third-order valence-corrected chi connectivity index (χ3v) is 6.52. The Morgan fingerprint density at radius 3 is 2.66 bits per heavy atom. The molecular formula is C22H18N4OS2. The molecule has 1 atom stereocenters. The summed E-state index contributed by atoms with van der Waals surface area (Å²) in [5.74, 6) is 1.29. The maximum Gasteiger partial charge on any atom is 0.247 e.